The minimum Gasteiger partial charge on any atom is -0.395 e. The maximum atomic E-state index is 13.0. The minimum atomic E-state index is 0.0280. The molecular formula is C22H26N4O2. The Bertz CT molecular complexity index is 982. The molecule has 0 saturated carbocycles. The summed E-state index contributed by atoms with van der Waals surface area (Å²) in [7, 11) is 0. The van der Waals surface area contributed by atoms with Gasteiger partial charge in [0, 0.05) is 30.8 Å². The van der Waals surface area contributed by atoms with Gasteiger partial charge in [-0.15, -0.1) is 0 Å². The van der Waals surface area contributed by atoms with Gasteiger partial charge in [0.25, 0.3) is 5.91 Å². The van der Waals surface area contributed by atoms with E-state index in [1.165, 1.54) is 0 Å². The smallest absolute Gasteiger partial charge is 0.253 e. The summed E-state index contributed by atoms with van der Waals surface area (Å²) in [6.07, 6.45) is 2.09. The van der Waals surface area contributed by atoms with E-state index in [9.17, 15) is 9.90 Å². The lowest BCUT2D eigenvalue weighted by Crippen LogP contribution is -2.42. The first-order chi connectivity index (χ1) is 13.7. The third-order valence-corrected chi connectivity index (χ3v) is 5.49. The molecule has 1 atom stereocenters. The molecule has 0 radical (unpaired) electrons. The molecule has 1 aliphatic rings. The number of hydrogen-bond acceptors (Lipinski definition) is 4. The number of carbonyl (C=O) groups is 1. The van der Waals surface area contributed by atoms with Gasteiger partial charge in [0.05, 0.1) is 17.6 Å². The van der Waals surface area contributed by atoms with Crippen LogP contribution in [0.25, 0.3) is 22.4 Å². The Balaban J connectivity index is 1.68. The summed E-state index contributed by atoms with van der Waals surface area (Å²) in [4.78, 5) is 19.7. The van der Waals surface area contributed by atoms with E-state index in [4.69, 9.17) is 10.7 Å². The van der Waals surface area contributed by atoms with Crippen LogP contribution in [0.4, 0.5) is 0 Å². The van der Waals surface area contributed by atoms with Gasteiger partial charge in [-0.3, -0.25) is 4.79 Å². The molecule has 0 unspecified atom stereocenters. The van der Waals surface area contributed by atoms with Gasteiger partial charge in [0.1, 0.15) is 5.82 Å². The van der Waals surface area contributed by atoms with Crippen molar-refractivity contribution in [3.8, 4) is 11.4 Å². The number of aliphatic hydroxyl groups is 1. The van der Waals surface area contributed by atoms with E-state index in [1.54, 1.807) is 0 Å². The number of hydrogen-bond donors (Lipinski definition) is 2. The van der Waals surface area contributed by atoms with Gasteiger partial charge in [0.15, 0.2) is 0 Å². The number of carbonyl (C=O) groups excluding carboxylic acids is 1. The highest BCUT2D eigenvalue weighted by Crippen LogP contribution is 2.26. The molecule has 1 aliphatic heterocycles. The Morgan fingerprint density at radius 3 is 2.89 bits per heavy atom. The summed E-state index contributed by atoms with van der Waals surface area (Å²) in [6, 6.07) is 15.5. The van der Waals surface area contributed by atoms with Crippen LogP contribution in [0.15, 0.2) is 48.5 Å². The second-order valence-electron chi connectivity index (χ2n) is 7.38. The molecule has 1 saturated heterocycles. The van der Waals surface area contributed by atoms with Gasteiger partial charge in [-0.05, 0) is 49.6 Å². The van der Waals surface area contributed by atoms with Crippen molar-refractivity contribution in [2.45, 2.75) is 19.4 Å². The highest BCUT2D eigenvalue weighted by atomic mass is 16.3. The predicted octanol–water partition coefficient (Wildman–Crippen LogP) is 2.51. The van der Waals surface area contributed by atoms with Crippen molar-refractivity contribution in [3.05, 3.63) is 54.1 Å². The van der Waals surface area contributed by atoms with Gasteiger partial charge in [-0.2, -0.15) is 0 Å². The number of fused-ring (bicyclic) bond motifs is 1. The molecule has 1 fully saturated rings. The van der Waals surface area contributed by atoms with Crippen molar-refractivity contribution >= 4 is 16.9 Å². The zero-order valence-corrected chi connectivity index (χ0v) is 15.9. The first-order valence-electron chi connectivity index (χ1n) is 9.87. The van der Waals surface area contributed by atoms with Crippen molar-refractivity contribution in [2.24, 2.45) is 11.7 Å². The molecule has 3 N–H and O–H groups in total. The van der Waals surface area contributed by atoms with Crippen molar-refractivity contribution in [1.82, 2.24) is 14.5 Å². The monoisotopic (exact) mass is 378 g/mol. The van der Waals surface area contributed by atoms with E-state index in [-0.39, 0.29) is 12.5 Å². The van der Waals surface area contributed by atoms with Crippen LogP contribution < -0.4 is 5.73 Å². The lowest BCUT2D eigenvalue weighted by Gasteiger charge is -2.32. The summed E-state index contributed by atoms with van der Waals surface area (Å²) in [6.45, 7) is 2.61. The lowest BCUT2D eigenvalue weighted by molar-refractivity contribution is 0.0678. The Morgan fingerprint density at radius 2 is 2.07 bits per heavy atom. The molecule has 0 spiro atoms. The number of para-hydroxylation sites is 2. The first-order valence-corrected chi connectivity index (χ1v) is 9.87. The Labute approximate surface area is 164 Å². The maximum Gasteiger partial charge on any atom is 0.253 e. The van der Waals surface area contributed by atoms with Gasteiger partial charge < -0.3 is 20.3 Å². The summed E-state index contributed by atoms with van der Waals surface area (Å²) in [5.41, 5.74) is 9.22. The second-order valence-corrected chi connectivity index (χ2v) is 7.38. The third-order valence-electron chi connectivity index (χ3n) is 5.49. The maximum absolute atomic E-state index is 13.0. The fraction of sp³-hybridized carbons (Fsp3) is 0.364. The molecular weight excluding hydrogens is 352 g/mol. The van der Waals surface area contributed by atoms with Crippen LogP contribution in [0, 0.1) is 5.92 Å². The minimum absolute atomic E-state index is 0.0280. The fourth-order valence-electron chi connectivity index (χ4n) is 4.04. The summed E-state index contributed by atoms with van der Waals surface area (Å²) in [5, 5.41) is 9.51. The molecule has 6 heteroatoms. The van der Waals surface area contributed by atoms with E-state index in [0.29, 0.717) is 24.6 Å². The number of piperidine rings is 1. The van der Waals surface area contributed by atoms with E-state index in [0.717, 1.165) is 48.4 Å². The second kappa shape index (κ2) is 8.12. The molecule has 2 heterocycles. The molecule has 0 aliphatic carbocycles. The fourth-order valence-corrected chi connectivity index (χ4v) is 4.04. The number of rotatable bonds is 5. The predicted molar refractivity (Wildman–Crippen MR) is 110 cm³/mol. The SMILES string of the molecule is NC[C@H]1CCCN(C(=O)c2cccc(-c3nc4ccccc4n3CCO)c2)C1. The number of benzene rings is 2. The number of aromatic nitrogens is 2. The van der Waals surface area contributed by atoms with E-state index in [1.807, 2.05) is 58.0 Å². The Morgan fingerprint density at radius 1 is 1.21 bits per heavy atom. The molecule has 4 rings (SSSR count). The number of nitrogens with zero attached hydrogens (tertiary/aromatic N) is 3. The van der Waals surface area contributed by atoms with Crippen LogP contribution >= 0.6 is 0 Å². The molecule has 0 bridgehead atoms. The van der Waals surface area contributed by atoms with Crippen LogP contribution in [-0.2, 0) is 6.54 Å². The normalized spacial score (nSPS) is 17.2. The summed E-state index contributed by atoms with van der Waals surface area (Å²) in [5.74, 6) is 1.20. The molecule has 3 aromatic rings. The summed E-state index contributed by atoms with van der Waals surface area (Å²) < 4.78 is 2.00. The molecule has 28 heavy (non-hydrogen) atoms. The number of nitrogens with two attached hydrogens (primary N) is 1. The molecule has 1 aromatic heterocycles. The summed E-state index contributed by atoms with van der Waals surface area (Å²) >= 11 is 0. The van der Waals surface area contributed by atoms with Crippen molar-refractivity contribution in [1.29, 1.82) is 0 Å². The number of amides is 1. The average molecular weight is 378 g/mol. The van der Waals surface area contributed by atoms with E-state index >= 15 is 0 Å². The number of imidazole rings is 1. The van der Waals surface area contributed by atoms with Crippen LogP contribution in [-0.4, -0.2) is 51.7 Å². The van der Waals surface area contributed by atoms with Crippen LogP contribution in [0.3, 0.4) is 0 Å². The van der Waals surface area contributed by atoms with Gasteiger partial charge in [-0.1, -0.05) is 24.3 Å². The molecule has 2 aromatic carbocycles. The van der Waals surface area contributed by atoms with Crippen molar-refractivity contribution < 1.29 is 9.90 Å². The molecule has 6 nitrogen and oxygen atoms in total. The van der Waals surface area contributed by atoms with Gasteiger partial charge in [0.2, 0.25) is 0 Å². The average Bonchev–Trinajstić information content (AvgIpc) is 3.12. The Kier molecular flexibility index (Phi) is 5.41. The molecule has 1 amide bonds. The zero-order valence-electron chi connectivity index (χ0n) is 15.9. The topological polar surface area (TPSA) is 84.4 Å². The quantitative estimate of drug-likeness (QED) is 0.714. The van der Waals surface area contributed by atoms with Crippen LogP contribution in [0.5, 0.6) is 0 Å². The zero-order chi connectivity index (χ0) is 19.5. The number of likely N-dealkylation sites (tertiary alicyclic amines) is 1. The Hall–Kier alpha value is -2.70. The van der Waals surface area contributed by atoms with Crippen molar-refractivity contribution in [3.63, 3.8) is 0 Å². The standard InChI is InChI=1S/C22H26N4O2/c23-14-16-5-4-10-25(15-16)22(28)18-7-3-6-17(13-18)21-24-19-8-1-2-9-20(19)26(21)11-12-27/h1-3,6-9,13,16,27H,4-5,10-12,14-15,23H2/t16-/m1/s1. The van der Waals surface area contributed by atoms with Gasteiger partial charge >= 0.3 is 0 Å². The van der Waals surface area contributed by atoms with E-state index in [2.05, 4.69) is 0 Å². The number of aliphatic hydroxyl groups excluding tert-OH is 1. The first kappa shape index (κ1) is 18.7. The van der Waals surface area contributed by atoms with Crippen LogP contribution in [0.1, 0.15) is 23.2 Å². The van der Waals surface area contributed by atoms with E-state index < -0.39 is 0 Å². The van der Waals surface area contributed by atoms with Crippen molar-refractivity contribution in [2.75, 3.05) is 26.2 Å². The third kappa shape index (κ3) is 3.53. The highest BCUT2D eigenvalue weighted by molar-refractivity contribution is 5.95. The van der Waals surface area contributed by atoms with Gasteiger partial charge in [-0.25, -0.2) is 4.98 Å². The molecule has 146 valence electrons. The lowest BCUT2D eigenvalue weighted by atomic mass is 9.97. The highest BCUT2D eigenvalue weighted by Gasteiger charge is 2.24. The van der Waals surface area contributed by atoms with Crippen LogP contribution in [0.2, 0.25) is 0 Å². The largest absolute Gasteiger partial charge is 0.395 e.